The summed E-state index contributed by atoms with van der Waals surface area (Å²) < 4.78 is 45.4. The highest BCUT2D eigenvalue weighted by atomic mass is 19.2. The molecule has 3 aromatic rings. The summed E-state index contributed by atoms with van der Waals surface area (Å²) in [5.74, 6) is -4.12. The molecule has 0 radical (unpaired) electrons. The van der Waals surface area contributed by atoms with Crippen LogP contribution in [-0.2, 0) is 4.79 Å². The summed E-state index contributed by atoms with van der Waals surface area (Å²) in [7, 11) is 0. The topological polar surface area (TPSA) is 88.7 Å². The molecule has 0 bridgehead atoms. The fourth-order valence-electron chi connectivity index (χ4n) is 2.42. The number of anilines is 2. The smallest absolute Gasteiger partial charge is 0.246 e. The molecule has 9 heteroatoms. The highest BCUT2D eigenvalue weighted by molar-refractivity contribution is 5.97. The SMILES string of the molecule is NC(=NCC(=O)Nc1ccc(F)c(F)c1F)Nc1cccc(Oc2ccccc2)c1. The number of rotatable bonds is 6. The third kappa shape index (κ3) is 5.51. The van der Waals surface area contributed by atoms with Crippen LogP contribution in [0.1, 0.15) is 0 Å². The summed E-state index contributed by atoms with van der Waals surface area (Å²) in [4.78, 5) is 15.7. The number of guanidine groups is 1. The monoisotopic (exact) mass is 414 g/mol. The molecule has 0 spiro atoms. The molecule has 0 saturated heterocycles. The molecule has 0 aliphatic heterocycles. The lowest BCUT2D eigenvalue weighted by atomic mass is 10.2. The third-order valence-corrected chi connectivity index (χ3v) is 3.79. The zero-order valence-electron chi connectivity index (χ0n) is 15.5. The molecule has 0 aliphatic rings. The van der Waals surface area contributed by atoms with Crippen LogP contribution in [0.4, 0.5) is 24.5 Å². The number of hydrogen-bond donors (Lipinski definition) is 3. The van der Waals surface area contributed by atoms with E-state index in [0.717, 1.165) is 6.07 Å². The van der Waals surface area contributed by atoms with Crippen molar-refractivity contribution in [3.63, 3.8) is 0 Å². The Kier molecular flexibility index (Phi) is 6.53. The highest BCUT2D eigenvalue weighted by Gasteiger charge is 2.15. The van der Waals surface area contributed by atoms with Crippen LogP contribution in [0.5, 0.6) is 11.5 Å². The van der Waals surface area contributed by atoms with Gasteiger partial charge >= 0.3 is 0 Å². The van der Waals surface area contributed by atoms with Crippen molar-refractivity contribution >= 4 is 23.2 Å². The molecule has 0 unspecified atom stereocenters. The molecule has 0 atom stereocenters. The number of nitrogens with two attached hydrogens (primary N) is 1. The van der Waals surface area contributed by atoms with E-state index in [0.29, 0.717) is 23.3 Å². The lowest BCUT2D eigenvalue weighted by molar-refractivity contribution is -0.114. The second-order valence-electron chi connectivity index (χ2n) is 6.04. The van der Waals surface area contributed by atoms with Crippen LogP contribution in [0.2, 0.25) is 0 Å². The van der Waals surface area contributed by atoms with Crippen molar-refractivity contribution in [1.29, 1.82) is 0 Å². The van der Waals surface area contributed by atoms with Gasteiger partial charge in [-0.3, -0.25) is 4.79 Å². The molecular formula is C21H17F3N4O2. The minimum absolute atomic E-state index is 0.0761. The first kappa shape index (κ1) is 20.7. The van der Waals surface area contributed by atoms with Gasteiger partial charge in [0.2, 0.25) is 5.91 Å². The largest absolute Gasteiger partial charge is 0.457 e. The van der Waals surface area contributed by atoms with Gasteiger partial charge in [0.15, 0.2) is 23.4 Å². The summed E-state index contributed by atoms with van der Waals surface area (Å²) >= 11 is 0. The van der Waals surface area contributed by atoms with Crippen molar-refractivity contribution in [3.05, 3.63) is 84.2 Å². The van der Waals surface area contributed by atoms with E-state index in [1.165, 1.54) is 0 Å². The second kappa shape index (κ2) is 9.46. The second-order valence-corrected chi connectivity index (χ2v) is 6.04. The van der Waals surface area contributed by atoms with Crippen LogP contribution in [0.3, 0.4) is 0 Å². The Balaban J connectivity index is 1.58. The predicted octanol–water partition coefficient (Wildman–Crippen LogP) is 4.26. The number of nitrogens with zero attached hydrogens (tertiary/aromatic N) is 1. The van der Waals surface area contributed by atoms with Gasteiger partial charge in [0.25, 0.3) is 0 Å². The van der Waals surface area contributed by atoms with E-state index < -0.39 is 35.6 Å². The van der Waals surface area contributed by atoms with Gasteiger partial charge in [-0.15, -0.1) is 0 Å². The fourth-order valence-corrected chi connectivity index (χ4v) is 2.42. The number of carbonyl (C=O) groups excluding carboxylic acids is 1. The van der Waals surface area contributed by atoms with Gasteiger partial charge in [-0.05, 0) is 36.4 Å². The number of halogens is 3. The number of benzene rings is 3. The van der Waals surface area contributed by atoms with Crippen LogP contribution in [0.25, 0.3) is 0 Å². The number of carbonyl (C=O) groups is 1. The molecule has 1 amide bonds. The van der Waals surface area contributed by atoms with Gasteiger partial charge in [-0.1, -0.05) is 24.3 Å². The lowest BCUT2D eigenvalue weighted by Gasteiger charge is -2.09. The molecule has 0 aromatic heterocycles. The van der Waals surface area contributed by atoms with E-state index in [1.54, 1.807) is 24.3 Å². The first-order chi connectivity index (χ1) is 14.4. The first-order valence-corrected chi connectivity index (χ1v) is 8.75. The Morgan fingerprint density at radius 1 is 0.900 bits per heavy atom. The number of ether oxygens (including phenoxy) is 1. The van der Waals surface area contributed by atoms with Crippen molar-refractivity contribution in [2.24, 2.45) is 10.7 Å². The standard InChI is InChI=1S/C21H17F3N4O2/c22-16-9-10-17(20(24)19(16)23)28-18(29)12-26-21(25)27-13-5-4-8-15(11-13)30-14-6-2-1-3-7-14/h1-11H,12H2,(H,28,29)(H3,25,26,27). The number of amides is 1. The molecule has 4 N–H and O–H groups in total. The van der Waals surface area contributed by atoms with Crippen LogP contribution < -0.4 is 21.1 Å². The quantitative estimate of drug-likeness (QED) is 0.319. The van der Waals surface area contributed by atoms with E-state index in [4.69, 9.17) is 10.5 Å². The molecule has 3 aromatic carbocycles. The highest BCUT2D eigenvalue weighted by Crippen LogP contribution is 2.23. The molecule has 30 heavy (non-hydrogen) atoms. The van der Waals surface area contributed by atoms with Gasteiger partial charge in [-0.2, -0.15) is 0 Å². The van der Waals surface area contributed by atoms with Gasteiger partial charge in [0.1, 0.15) is 18.0 Å². The molecular weight excluding hydrogens is 397 g/mol. The Morgan fingerprint density at radius 3 is 2.40 bits per heavy atom. The maximum absolute atomic E-state index is 13.6. The number of hydrogen-bond acceptors (Lipinski definition) is 3. The third-order valence-electron chi connectivity index (χ3n) is 3.79. The summed E-state index contributed by atoms with van der Waals surface area (Å²) in [5.41, 5.74) is 5.83. The molecule has 0 saturated carbocycles. The maximum atomic E-state index is 13.6. The molecule has 0 heterocycles. The summed E-state index contributed by atoms with van der Waals surface area (Å²) in [6.07, 6.45) is 0. The average molecular weight is 414 g/mol. The zero-order valence-corrected chi connectivity index (χ0v) is 15.5. The van der Waals surface area contributed by atoms with Crippen LogP contribution >= 0.6 is 0 Å². The van der Waals surface area contributed by atoms with E-state index in [1.807, 2.05) is 30.3 Å². The van der Waals surface area contributed by atoms with E-state index in [2.05, 4.69) is 15.6 Å². The Hall–Kier alpha value is -4.01. The number of para-hydroxylation sites is 1. The van der Waals surface area contributed by atoms with Crippen LogP contribution in [0, 0.1) is 17.5 Å². The van der Waals surface area contributed by atoms with Crippen molar-refractivity contribution in [1.82, 2.24) is 0 Å². The Morgan fingerprint density at radius 2 is 1.63 bits per heavy atom. The van der Waals surface area contributed by atoms with E-state index in [9.17, 15) is 18.0 Å². The van der Waals surface area contributed by atoms with Crippen LogP contribution in [-0.4, -0.2) is 18.4 Å². The van der Waals surface area contributed by atoms with Crippen molar-refractivity contribution in [3.8, 4) is 11.5 Å². The fraction of sp³-hybridized carbons (Fsp3) is 0.0476. The summed E-state index contributed by atoms with van der Waals surface area (Å²) in [5, 5.41) is 4.90. The number of nitrogens with one attached hydrogen (secondary N) is 2. The minimum Gasteiger partial charge on any atom is -0.457 e. The zero-order chi connectivity index (χ0) is 21.5. The Bertz CT molecular complexity index is 1080. The van der Waals surface area contributed by atoms with Crippen molar-refractivity contribution in [2.45, 2.75) is 0 Å². The normalized spacial score (nSPS) is 11.1. The average Bonchev–Trinajstić information content (AvgIpc) is 2.74. The molecule has 0 aliphatic carbocycles. The number of aliphatic imine (C=N–C) groups is 1. The predicted molar refractivity (Wildman–Crippen MR) is 108 cm³/mol. The van der Waals surface area contributed by atoms with E-state index >= 15 is 0 Å². The van der Waals surface area contributed by atoms with Crippen molar-refractivity contribution in [2.75, 3.05) is 17.2 Å². The van der Waals surface area contributed by atoms with Gasteiger partial charge in [0, 0.05) is 11.8 Å². The minimum atomic E-state index is -1.67. The summed E-state index contributed by atoms with van der Waals surface area (Å²) in [6.45, 7) is -0.461. The lowest BCUT2D eigenvalue weighted by Crippen LogP contribution is -2.25. The van der Waals surface area contributed by atoms with Gasteiger partial charge in [0.05, 0.1) is 5.69 Å². The molecule has 6 nitrogen and oxygen atoms in total. The Labute approximate surface area is 170 Å². The van der Waals surface area contributed by atoms with Gasteiger partial charge in [-0.25, -0.2) is 18.2 Å². The summed E-state index contributed by atoms with van der Waals surface area (Å²) in [6, 6.07) is 17.7. The van der Waals surface area contributed by atoms with Crippen molar-refractivity contribution < 1.29 is 22.7 Å². The molecule has 154 valence electrons. The first-order valence-electron chi connectivity index (χ1n) is 8.75. The molecule has 0 fully saturated rings. The van der Waals surface area contributed by atoms with Gasteiger partial charge < -0.3 is 21.1 Å². The van der Waals surface area contributed by atoms with E-state index in [-0.39, 0.29) is 5.96 Å². The maximum Gasteiger partial charge on any atom is 0.246 e. The van der Waals surface area contributed by atoms with Crippen LogP contribution in [0.15, 0.2) is 71.7 Å². The molecule has 3 rings (SSSR count).